The summed E-state index contributed by atoms with van der Waals surface area (Å²) in [5.74, 6) is 1.11. The summed E-state index contributed by atoms with van der Waals surface area (Å²) in [6, 6.07) is 14.1. The lowest BCUT2D eigenvalue weighted by Gasteiger charge is -2.11. The number of para-hydroxylation sites is 1. The van der Waals surface area contributed by atoms with Gasteiger partial charge in [-0.3, -0.25) is 0 Å². The van der Waals surface area contributed by atoms with Crippen molar-refractivity contribution in [1.82, 2.24) is 19.9 Å². The summed E-state index contributed by atoms with van der Waals surface area (Å²) in [6.45, 7) is 2.22. The number of fused-ring (bicyclic) bond motifs is 1. The molecule has 0 unspecified atom stereocenters. The Morgan fingerprint density at radius 2 is 1.93 bits per heavy atom. The van der Waals surface area contributed by atoms with E-state index in [1.807, 2.05) is 42.6 Å². The van der Waals surface area contributed by atoms with Gasteiger partial charge in [-0.2, -0.15) is 0 Å². The summed E-state index contributed by atoms with van der Waals surface area (Å²) in [5, 5.41) is 4.51. The van der Waals surface area contributed by atoms with E-state index in [4.69, 9.17) is 10.7 Å². The standard InChI is InChI=1S/C22H24N6/c1-2-3-5-8-15-13-19(26-16-9-6-4-7-10-16)28-21-20(15)17(14-25-21)18-11-12-24-22(23)27-18/h4,6-7,9-14H,2-3,5,8H2,1H3,(H2,23,24,27)(H2,25,26,28). The van der Waals surface area contributed by atoms with Crippen molar-refractivity contribution in [2.45, 2.75) is 32.6 Å². The second-order valence-corrected chi connectivity index (χ2v) is 6.84. The van der Waals surface area contributed by atoms with E-state index in [0.29, 0.717) is 0 Å². The molecule has 4 N–H and O–H groups in total. The maximum Gasteiger partial charge on any atom is 0.220 e. The minimum atomic E-state index is 0.273. The molecule has 0 saturated heterocycles. The lowest BCUT2D eigenvalue weighted by Crippen LogP contribution is -1.98. The van der Waals surface area contributed by atoms with Crippen LogP contribution in [-0.4, -0.2) is 19.9 Å². The average Bonchev–Trinajstić information content (AvgIpc) is 3.13. The topological polar surface area (TPSA) is 92.5 Å². The second-order valence-electron chi connectivity index (χ2n) is 6.84. The number of benzene rings is 1. The lowest BCUT2D eigenvalue weighted by molar-refractivity contribution is 0.719. The fourth-order valence-corrected chi connectivity index (χ4v) is 3.44. The molecule has 4 aromatic rings. The molecular formula is C22H24N6. The number of pyridine rings is 1. The number of nitrogens with zero attached hydrogens (tertiary/aromatic N) is 3. The van der Waals surface area contributed by atoms with Crippen LogP contribution >= 0.6 is 0 Å². The van der Waals surface area contributed by atoms with E-state index in [1.165, 1.54) is 18.4 Å². The SMILES string of the molecule is CCCCCc1cc(Nc2ccccc2)nc2[nH]cc(-c3ccnc(N)n3)c12. The number of hydrogen-bond donors (Lipinski definition) is 3. The van der Waals surface area contributed by atoms with Crippen LogP contribution in [0.3, 0.4) is 0 Å². The highest BCUT2D eigenvalue weighted by Crippen LogP contribution is 2.32. The van der Waals surface area contributed by atoms with Crippen LogP contribution in [0.1, 0.15) is 31.7 Å². The first kappa shape index (κ1) is 18.0. The minimum Gasteiger partial charge on any atom is -0.368 e. The molecule has 0 aliphatic rings. The van der Waals surface area contributed by atoms with E-state index < -0.39 is 0 Å². The van der Waals surface area contributed by atoms with Gasteiger partial charge in [-0.25, -0.2) is 15.0 Å². The highest BCUT2D eigenvalue weighted by atomic mass is 15.0. The molecule has 0 fully saturated rings. The van der Waals surface area contributed by atoms with E-state index in [0.717, 1.165) is 46.6 Å². The number of nitrogens with two attached hydrogens (primary N) is 1. The first-order chi connectivity index (χ1) is 13.7. The highest BCUT2D eigenvalue weighted by molar-refractivity contribution is 5.96. The monoisotopic (exact) mass is 372 g/mol. The van der Waals surface area contributed by atoms with E-state index in [2.05, 4.69) is 33.3 Å². The van der Waals surface area contributed by atoms with E-state index in [9.17, 15) is 0 Å². The fourth-order valence-electron chi connectivity index (χ4n) is 3.44. The molecule has 142 valence electrons. The quantitative estimate of drug-likeness (QED) is 0.394. The minimum absolute atomic E-state index is 0.273. The van der Waals surface area contributed by atoms with Crippen LogP contribution < -0.4 is 11.1 Å². The molecule has 28 heavy (non-hydrogen) atoms. The molecule has 4 rings (SSSR count). The van der Waals surface area contributed by atoms with E-state index in [-0.39, 0.29) is 5.95 Å². The molecule has 0 aliphatic carbocycles. The van der Waals surface area contributed by atoms with Gasteiger partial charge in [0, 0.05) is 29.0 Å². The van der Waals surface area contributed by atoms with Gasteiger partial charge >= 0.3 is 0 Å². The van der Waals surface area contributed by atoms with Crippen LogP contribution in [0.25, 0.3) is 22.3 Å². The first-order valence-electron chi connectivity index (χ1n) is 9.66. The lowest BCUT2D eigenvalue weighted by atomic mass is 10.0. The predicted molar refractivity (Wildman–Crippen MR) is 114 cm³/mol. The van der Waals surface area contributed by atoms with Crippen LogP contribution in [0.4, 0.5) is 17.5 Å². The molecule has 3 aromatic heterocycles. The average molecular weight is 372 g/mol. The number of hydrogen-bond acceptors (Lipinski definition) is 5. The van der Waals surface area contributed by atoms with Crippen LogP contribution in [0.15, 0.2) is 54.9 Å². The Labute approximate surface area is 164 Å². The van der Waals surface area contributed by atoms with Crippen molar-refractivity contribution in [3.05, 3.63) is 60.4 Å². The summed E-state index contributed by atoms with van der Waals surface area (Å²) in [7, 11) is 0. The van der Waals surface area contributed by atoms with Crippen molar-refractivity contribution in [3.8, 4) is 11.3 Å². The van der Waals surface area contributed by atoms with Crippen molar-refractivity contribution in [1.29, 1.82) is 0 Å². The largest absolute Gasteiger partial charge is 0.368 e. The number of anilines is 3. The second kappa shape index (κ2) is 8.08. The molecule has 0 amide bonds. The molecule has 6 heteroatoms. The van der Waals surface area contributed by atoms with Crippen molar-refractivity contribution in [2.24, 2.45) is 0 Å². The number of aryl methyl sites for hydroxylation is 1. The first-order valence-corrected chi connectivity index (χ1v) is 9.66. The van der Waals surface area contributed by atoms with Crippen LogP contribution in [0.2, 0.25) is 0 Å². The van der Waals surface area contributed by atoms with Gasteiger partial charge in [-0.05, 0) is 42.7 Å². The number of aromatic nitrogens is 4. The van der Waals surface area contributed by atoms with Gasteiger partial charge in [0.2, 0.25) is 5.95 Å². The van der Waals surface area contributed by atoms with Crippen LogP contribution in [0, 0.1) is 0 Å². The third-order valence-corrected chi connectivity index (χ3v) is 4.77. The number of rotatable bonds is 7. The van der Waals surface area contributed by atoms with Crippen LogP contribution in [0.5, 0.6) is 0 Å². The molecule has 0 bridgehead atoms. The smallest absolute Gasteiger partial charge is 0.220 e. The number of unbranched alkanes of at least 4 members (excludes halogenated alkanes) is 2. The van der Waals surface area contributed by atoms with Gasteiger partial charge < -0.3 is 16.0 Å². The summed E-state index contributed by atoms with van der Waals surface area (Å²) in [6.07, 6.45) is 8.15. The summed E-state index contributed by atoms with van der Waals surface area (Å²) >= 11 is 0. The number of nitrogens with one attached hydrogen (secondary N) is 2. The maximum atomic E-state index is 5.80. The maximum absolute atomic E-state index is 5.80. The van der Waals surface area contributed by atoms with Gasteiger partial charge in [0.25, 0.3) is 0 Å². The van der Waals surface area contributed by atoms with Gasteiger partial charge in [0.05, 0.1) is 5.69 Å². The zero-order chi connectivity index (χ0) is 19.3. The van der Waals surface area contributed by atoms with E-state index >= 15 is 0 Å². The van der Waals surface area contributed by atoms with Crippen LogP contribution in [-0.2, 0) is 6.42 Å². The molecule has 0 saturated carbocycles. The zero-order valence-electron chi connectivity index (χ0n) is 15.9. The third kappa shape index (κ3) is 3.81. The van der Waals surface area contributed by atoms with Crippen molar-refractivity contribution < 1.29 is 0 Å². The molecule has 0 radical (unpaired) electrons. The predicted octanol–water partition coefficient (Wildman–Crippen LogP) is 5.08. The van der Waals surface area contributed by atoms with E-state index in [1.54, 1.807) is 6.20 Å². The van der Waals surface area contributed by atoms with Gasteiger partial charge in [0.15, 0.2) is 0 Å². The summed E-state index contributed by atoms with van der Waals surface area (Å²) in [4.78, 5) is 16.5. The molecule has 0 atom stereocenters. The zero-order valence-corrected chi connectivity index (χ0v) is 15.9. The Bertz CT molecular complexity index is 1070. The summed E-state index contributed by atoms with van der Waals surface area (Å²) < 4.78 is 0. The summed E-state index contributed by atoms with van der Waals surface area (Å²) in [5.41, 5.74) is 10.7. The Balaban J connectivity index is 1.78. The highest BCUT2D eigenvalue weighted by Gasteiger charge is 2.15. The number of nitrogen functional groups attached to an aromatic ring is 1. The molecule has 6 nitrogen and oxygen atoms in total. The number of H-pyrrole nitrogens is 1. The van der Waals surface area contributed by atoms with Gasteiger partial charge in [0.1, 0.15) is 11.5 Å². The Kier molecular flexibility index (Phi) is 5.19. The Morgan fingerprint density at radius 3 is 2.71 bits per heavy atom. The molecular weight excluding hydrogens is 348 g/mol. The molecule has 3 heterocycles. The number of aromatic amines is 1. The Morgan fingerprint density at radius 1 is 1.07 bits per heavy atom. The van der Waals surface area contributed by atoms with Crippen molar-refractivity contribution in [2.75, 3.05) is 11.1 Å². The molecule has 0 spiro atoms. The fraction of sp³-hybridized carbons (Fsp3) is 0.227. The van der Waals surface area contributed by atoms with Crippen molar-refractivity contribution in [3.63, 3.8) is 0 Å². The molecule has 0 aliphatic heterocycles. The Hall–Kier alpha value is -3.41. The van der Waals surface area contributed by atoms with Gasteiger partial charge in [-0.15, -0.1) is 0 Å². The third-order valence-electron chi connectivity index (χ3n) is 4.77. The van der Waals surface area contributed by atoms with Gasteiger partial charge in [-0.1, -0.05) is 38.0 Å². The normalized spacial score (nSPS) is 11.0. The molecule has 1 aromatic carbocycles. The van der Waals surface area contributed by atoms with Crippen molar-refractivity contribution >= 4 is 28.5 Å².